The lowest BCUT2D eigenvalue weighted by molar-refractivity contribution is -0.385. The number of hydrogen-bond acceptors (Lipinski definition) is 4. The predicted molar refractivity (Wildman–Crippen MR) is 81.2 cm³/mol. The number of nitrogens with one attached hydrogen (secondary N) is 1. The first kappa shape index (κ1) is 14.8. The smallest absolute Gasteiger partial charge is 0.274 e. The second-order valence-electron chi connectivity index (χ2n) is 5.67. The predicted octanol–water partition coefficient (Wildman–Crippen LogP) is 3.05. The summed E-state index contributed by atoms with van der Waals surface area (Å²) in [7, 11) is 0. The van der Waals surface area contributed by atoms with Gasteiger partial charge in [-0.15, -0.1) is 0 Å². The lowest BCUT2D eigenvalue weighted by Gasteiger charge is -2.20. The highest BCUT2D eigenvalue weighted by molar-refractivity contribution is 5.55. The average molecular weight is 277 g/mol. The molecule has 1 aromatic rings. The normalized spacial score (nSPS) is 19.5. The van der Waals surface area contributed by atoms with Gasteiger partial charge in [-0.1, -0.05) is 13.0 Å². The highest BCUT2D eigenvalue weighted by Crippen LogP contribution is 2.25. The molecule has 0 spiro atoms. The van der Waals surface area contributed by atoms with Crippen LogP contribution in [0, 0.1) is 10.1 Å². The van der Waals surface area contributed by atoms with Gasteiger partial charge in [-0.2, -0.15) is 0 Å². The Morgan fingerprint density at radius 1 is 1.50 bits per heavy atom. The van der Waals surface area contributed by atoms with E-state index in [1.54, 1.807) is 6.07 Å². The molecule has 20 heavy (non-hydrogen) atoms. The minimum atomic E-state index is -0.293. The molecule has 1 N–H and O–H groups in total. The largest absolute Gasteiger partial charge is 0.381 e. The molecule has 0 aromatic heterocycles. The van der Waals surface area contributed by atoms with Crippen molar-refractivity contribution in [2.24, 2.45) is 0 Å². The van der Waals surface area contributed by atoms with Crippen molar-refractivity contribution >= 4 is 11.4 Å². The molecule has 1 saturated heterocycles. The number of anilines is 1. The third kappa shape index (κ3) is 3.28. The van der Waals surface area contributed by atoms with E-state index >= 15 is 0 Å². The Hall–Kier alpha value is -1.62. The molecular formula is C15H23N3O2. The number of likely N-dealkylation sites (tertiary alicyclic amines) is 1. The number of rotatable bonds is 5. The molecule has 110 valence electrons. The van der Waals surface area contributed by atoms with Gasteiger partial charge in [0.25, 0.3) is 5.69 Å². The molecule has 1 aliphatic rings. The van der Waals surface area contributed by atoms with Crippen LogP contribution in [0.25, 0.3) is 0 Å². The van der Waals surface area contributed by atoms with Crippen LogP contribution in [-0.2, 0) is 6.42 Å². The van der Waals surface area contributed by atoms with Gasteiger partial charge in [0.1, 0.15) is 0 Å². The summed E-state index contributed by atoms with van der Waals surface area (Å²) in [4.78, 5) is 13.2. The molecule has 1 fully saturated rings. The molecule has 1 atom stereocenters. The molecule has 2 rings (SSSR count). The van der Waals surface area contributed by atoms with Crippen molar-refractivity contribution in [2.75, 3.05) is 18.4 Å². The third-order valence-corrected chi connectivity index (χ3v) is 3.98. The average Bonchev–Trinajstić information content (AvgIpc) is 2.87. The Labute approximate surface area is 120 Å². The van der Waals surface area contributed by atoms with Crippen LogP contribution in [0.5, 0.6) is 0 Å². The van der Waals surface area contributed by atoms with Crippen LogP contribution >= 0.6 is 0 Å². The summed E-state index contributed by atoms with van der Waals surface area (Å²) in [6.45, 7) is 8.42. The van der Waals surface area contributed by atoms with Gasteiger partial charge in [-0.05, 0) is 32.8 Å². The van der Waals surface area contributed by atoms with Gasteiger partial charge in [0, 0.05) is 42.5 Å². The van der Waals surface area contributed by atoms with E-state index in [0.717, 1.165) is 30.8 Å². The zero-order valence-electron chi connectivity index (χ0n) is 12.4. The Balaban J connectivity index is 2.07. The van der Waals surface area contributed by atoms with Crippen LogP contribution in [-0.4, -0.2) is 35.0 Å². The second-order valence-corrected chi connectivity index (χ2v) is 5.67. The molecule has 1 aromatic carbocycles. The van der Waals surface area contributed by atoms with Gasteiger partial charge in [0.05, 0.1) is 4.92 Å². The molecule has 0 radical (unpaired) electrons. The van der Waals surface area contributed by atoms with Gasteiger partial charge >= 0.3 is 0 Å². The van der Waals surface area contributed by atoms with Crippen LogP contribution in [0.1, 0.15) is 32.8 Å². The van der Waals surface area contributed by atoms with E-state index in [-0.39, 0.29) is 10.6 Å². The van der Waals surface area contributed by atoms with Crippen molar-refractivity contribution in [1.82, 2.24) is 4.90 Å². The molecule has 0 saturated carbocycles. The van der Waals surface area contributed by atoms with E-state index in [2.05, 4.69) is 24.1 Å². The lowest BCUT2D eigenvalue weighted by atomic mass is 10.1. The summed E-state index contributed by atoms with van der Waals surface area (Å²) in [6, 6.07) is 6.40. The molecule has 5 heteroatoms. The molecule has 1 unspecified atom stereocenters. The maximum absolute atomic E-state index is 11.1. The molecule has 0 bridgehead atoms. The Kier molecular flexibility index (Phi) is 4.60. The number of aryl methyl sites for hydroxylation is 1. The minimum absolute atomic E-state index is 0.219. The first-order valence-corrected chi connectivity index (χ1v) is 7.29. The minimum Gasteiger partial charge on any atom is -0.381 e. The van der Waals surface area contributed by atoms with E-state index < -0.39 is 0 Å². The standard InChI is InChI=1S/C15H23N3O2/c1-4-12-5-6-13(9-15(12)18(19)20)16-14-7-8-17(10-14)11(2)3/h5-6,9,11,14,16H,4,7-8,10H2,1-3H3. The van der Waals surface area contributed by atoms with E-state index in [0.29, 0.717) is 18.5 Å². The van der Waals surface area contributed by atoms with Crippen LogP contribution in [0.4, 0.5) is 11.4 Å². The SMILES string of the molecule is CCc1ccc(NC2CCN(C(C)C)C2)cc1[N+](=O)[O-]. The highest BCUT2D eigenvalue weighted by Gasteiger charge is 2.24. The third-order valence-electron chi connectivity index (χ3n) is 3.98. The van der Waals surface area contributed by atoms with Crippen LogP contribution in [0.15, 0.2) is 18.2 Å². The van der Waals surface area contributed by atoms with E-state index in [1.165, 1.54) is 0 Å². The summed E-state index contributed by atoms with van der Waals surface area (Å²) >= 11 is 0. The maximum Gasteiger partial charge on any atom is 0.274 e. The Bertz CT molecular complexity index is 488. The van der Waals surface area contributed by atoms with Gasteiger partial charge in [-0.3, -0.25) is 15.0 Å². The summed E-state index contributed by atoms with van der Waals surface area (Å²) in [5.74, 6) is 0. The molecule has 0 amide bonds. The second kappa shape index (κ2) is 6.22. The number of nitro groups is 1. The summed E-state index contributed by atoms with van der Waals surface area (Å²) in [5, 5.41) is 14.5. The first-order valence-electron chi connectivity index (χ1n) is 7.29. The molecule has 5 nitrogen and oxygen atoms in total. The van der Waals surface area contributed by atoms with Gasteiger partial charge in [-0.25, -0.2) is 0 Å². The van der Waals surface area contributed by atoms with Crippen LogP contribution < -0.4 is 5.32 Å². The molecular weight excluding hydrogens is 254 g/mol. The lowest BCUT2D eigenvalue weighted by Crippen LogP contribution is -2.31. The molecule has 0 aliphatic carbocycles. The number of benzene rings is 1. The van der Waals surface area contributed by atoms with E-state index in [9.17, 15) is 10.1 Å². The van der Waals surface area contributed by atoms with Crippen molar-refractivity contribution in [1.29, 1.82) is 0 Å². The van der Waals surface area contributed by atoms with Crippen molar-refractivity contribution in [3.8, 4) is 0 Å². The van der Waals surface area contributed by atoms with Crippen LogP contribution in [0.2, 0.25) is 0 Å². The van der Waals surface area contributed by atoms with Crippen LogP contribution in [0.3, 0.4) is 0 Å². The first-order chi connectivity index (χ1) is 9.51. The summed E-state index contributed by atoms with van der Waals surface area (Å²) in [6.07, 6.45) is 1.77. The maximum atomic E-state index is 11.1. The Morgan fingerprint density at radius 2 is 2.25 bits per heavy atom. The monoisotopic (exact) mass is 277 g/mol. The fourth-order valence-electron chi connectivity index (χ4n) is 2.73. The summed E-state index contributed by atoms with van der Waals surface area (Å²) in [5.41, 5.74) is 1.86. The van der Waals surface area contributed by atoms with Gasteiger partial charge in [0.15, 0.2) is 0 Å². The van der Waals surface area contributed by atoms with Crippen molar-refractivity contribution in [3.63, 3.8) is 0 Å². The number of nitrogens with zero attached hydrogens (tertiary/aromatic N) is 2. The van der Waals surface area contributed by atoms with Gasteiger partial charge < -0.3 is 5.32 Å². The molecule has 1 heterocycles. The van der Waals surface area contributed by atoms with Crippen molar-refractivity contribution in [2.45, 2.75) is 45.7 Å². The zero-order chi connectivity index (χ0) is 14.7. The highest BCUT2D eigenvalue weighted by atomic mass is 16.6. The van der Waals surface area contributed by atoms with Crippen molar-refractivity contribution < 1.29 is 4.92 Å². The van der Waals surface area contributed by atoms with Crippen molar-refractivity contribution in [3.05, 3.63) is 33.9 Å². The van der Waals surface area contributed by atoms with E-state index in [4.69, 9.17) is 0 Å². The quantitative estimate of drug-likeness (QED) is 0.664. The topological polar surface area (TPSA) is 58.4 Å². The molecule has 1 aliphatic heterocycles. The van der Waals surface area contributed by atoms with E-state index in [1.807, 2.05) is 19.1 Å². The summed E-state index contributed by atoms with van der Waals surface area (Å²) < 4.78 is 0. The number of nitro benzene ring substituents is 1. The zero-order valence-corrected chi connectivity index (χ0v) is 12.4. The fourth-order valence-corrected chi connectivity index (χ4v) is 2.73. The Morgan fingerprint density at radius 3 is 2.80 bits per heavy atom. The number of hydrogen-bond donors (Lipinski definition) is 1. The van der Waals surface area contributed by atoms with Gasteiger partial charge in [0.2, 0.25) is 0 Å². The fraction of sp³-hybridized carbons (Fsp3) is 0.600.